The first-order valence-electron chi connectivity index (χ1n) is 9.93. The van der Waals surface area contributed by atoms with Gasteiger partial charge in [-0.15, -0.1) is 0 Å². The Kier molecular flexibility index (Phi) is 7.10. The smallest absolute Gasteiger partial charge is 0.193 e. The van der Waals surface area contributed by atoms with E-state index in [0.717, 1.165) is 11.6 Å². The number of aliphatic imine (C=N–C) groups is 1. The molecule has 0 spiro atoms. The van der Waals surface area contributed by atoms with Crippen molar-refractivity contribution in [2.24, 2.45) is 4.99 Å². The highest BCUT2D eigenvalue weighted by Gasteiger charge is 2.26. The van der Waals surface area contributed by atoms with E-state index in [1.165, 1.54) is 29.3 Å². The van der Waals surface area contributed by atoms with Gasteiger partial charge in [-0.05, 0) is 37.1 Å². The molecule has 8 heteroatoms. The third-order valence-electron chi connectivity index (χ3n) is 5.18. The van der Waals surface area contributed by atoms with E-state index in [2.05, 4.69) is 47.3 Å². The molecule has 2 aromatic rings. The van der Waals surface area contributed by atoms with Crippen molar-refractivity contribution < 1.29 is 17.5 Å². The van der Waals surface area contributed by atoms with E-state index in [9.17, 15) is 12.8 Å². The number of ether oxygens (including phenoxy) is 1. The molecule has 2 aromatic carbocycles. The van der Waals surface area contributed by atoms with Gasteiger partial charge in [0.25, 0.3) is 0 Å². The fourth-order valence-electron chi connectivity index (χ4n) is 3.65. The Hall–Kier alpha value is -2.45. The quantitative estimate of drug-likeness (QED) is 0.580. The summed E-state index contributed by atoms with van der Waals surface area (Å²) in [4.78, 5) is 6.08. The number of aryl methyl sites for hydroxylation is 2. The Bertz CT molecular complexity index is 1020. The van der Waals surface area contributed by atoms with E-state index in [0.29, 0.717) is 25.7 Å². The largest absolute Gasteiger partial charge is 0.370 e. The van der Waals surface area contributed by atoms with Crippen LogP contribution >= 0.6 is 0 Å². The number of rotatable bonds is 5. The van der Waals surface area contributed by atoms with Crippen molar-refractivity contribution in [2.45, 2.75) is 24.8 Å². The number of halogens is 1. The summed E-state index contributed by atoms with van der Waals surface area (Å²) in [5.74, 6) is -0.346. The molecular weight excluding hydrogens is 405 g/mol. The molecule has 1 atom stereocenters. The maximum absolute atomic E-state index is 13.8. The lowest BCUT2D eigenvalue weighted by molar-refractivity contribution is -0.00827. The summed E-state index contributed by atoms with van der Waals surface area (Å²) < 4.78 is 44.7. The van der Waals surface area contributed by atoms with Gasteiger partial charge in [-0.2, -0.15) is 0 Å². The first-order chi connectivity index (χ1) is 14.3. The number of morpholine rings is 1. The van der Waals surface area contributed by atoms with Gasteiger partial charge in [-0.1, -0.05) is 35.9 Å². The Morgan fingerprint density at radius 2 is 2.03 bits per heavy atom. The van der Waals surface area contributed by atoms with E-state index < -0.39 is 15.7 Å². The van der Waals surface area contributed by atoms with Crippen LogP contribution in [0.1, 0.15) is 22.8 Å². The topological polar surface area (TPSA) is 71.0 Å². The number of benzene rings is 2. The molecule has 0 bridgehead atoms. The fourth-order valence-corrected chi connectivity index (χ4v) is 4.89. The minimum Gasteiger partial charge on any atom is -0.370 e. The molecule has 3 rings (SSSR count). The summed E-state index contributed by atoms with van der Waals surface area (Å²) >= 11 is 0. The number of hydrogen-bond acceptors (Lipinski definition) is 4. The summed E-state index contributed by atoms with van der Waals surface area (Å²) in [6.45, 7) is 6.09. The molecule has 0 amide bonds. The summed E-state index contributed by atoms with van der Waals surface area (Å²) in [5, 5.41) is 3.10. The summed E-state index contributed by atoms with van der Waals surface area (Å²) in [6.07, 6.45) is -0.0833. The van der Waals surface area contributed by atoms with E-state index in [4.69, 9.17) is 4.74 Å². The van der Waals surface area contributed by atoms with Gasteiger partial charge >= 0.3 is 0 Å². The Labute approximate surface area is 177 Å². The van der Waals surface area contributed by atoms with Crippen molar-refractivity contribution in [3.63, 3.8) is 0 Å². The average molecular weight is 434 g/mol. The van der Waals surface area contributed by atoms with Crippen molar-refractivity contribution >= 4 is 15.8 Å². The molecule has 0 radical (unpaired) electrons. The van der Waals surface area contributed by atoms with Crippen LogP contribution in [0.4, 0.5) is 4.39 Å². The normalized spacial score (nSPS) is 17.8. The Balaban J connectivity index is 1.63. The second kappa shape index (κ2) is 9.57. The molecule has 1 saturated heterocycles. The van der Waals surface area contributed by atoms with Crippen molar-refractivity contribution in [1.82, 2.24) is 10.2 Å². The van der Waals surface area contributed by atoms with Crippen molar-refractivity contribution in [3.05, 3.63) is 65.0 Å². The molecular formula is C22H28FN3O3S. The molecule has 1 unspecified atom stereocenters. The molecule has 162 valence electrons. The van der Waals surface area contributed by atoms with E-state index in [1.54, 1.807) is 7.05 Å². The third-order valence-corrected chi connectivity index (χ3v) is 6.92. The van der Waals surface area contributed by atoms with Crippen LogP contribution in [-0.2, 0) is 14.6 Å². The first-order valence-corrected chi connectivity index (χ1v) is 11.6. The molecule has 0 aliphatic carbocycles. The lowest BCUT2D eigenvalue weighted by Crippen LogP contribution is -2.49. The molecule has 1 aliphatic heterocycles. The molecule has 1 heterocycles. The molecule has 0 saturated carbocycles. The summed E-state index contributed by atoms with van der Waals surface area (Å²) in [6, 6.07) is 11.7. The van der Waals surface area contributed by atoms with Crippen LogP contribution in [0.5, 0.6) is 0 Å². The number of nitrogens with one attached hydrogen (secondary N) is 1. The number of guanidine groups is 1. The Morgan fingerprint density at radius 1 is 1.27 bits per heavy atom. The van der Waals surface area contributed by atoms with Gasteiger partial charge in [0.2, 0.25) is 0 Å². The minimum atomic E-state index is -3.72. The molecule has 0 aromatic heterocycles. The highest BCUT2D eigenvalue weighted by Crippen LogP contribution is 2.26. The van der Waals surface area contributed by atoms with E-state index >= 15 is 0 Å². The maximum atomic E-state index is 13.8. The standard InChI is InChI=1S/C22H28FN3O3S/c1-16-8-9-18(17(2)14-16)20-15-26(11-12-29-20)22(24-3)25-10-13-30(27,28)21-7-5-4-6-19(21)23/h4-9,14,20H,10-13,15H2,1-3H3,(H,24,25). The van der Waals surface area contributed by atoms with Crippen LogP contribution in [0, 0.1) is 19.7 Å². The van der Waals surface area contributed by atoms with Crippen LogP contribution in [-0.4, -0.2) is 58.3 Å². The minimum absolute atomic E-state index is 0.0833. The number of nitrogens with zero attached hydrogens (tertiary/aromatic N) is 2. The second-order valence-electron chi connectivity index (χ2n) is 7.39. The van der Waals surface area contributed by atoms with Gasteiger partial charge in [-0.25, -0.2) is 12.8 Å². The van der Waals surface area contributed by atoms with Crippen molar-refractivity contribution in [1.29, 1.82) is 0 Å². The van der Waals surface area contributed by atoms with Gasteiger partial charge in [0.1, 0.15) is 16.8 Å². The average Bonchev–Trinajstić information content (AvgIpc) is 2.71. The second-order valence-corrected chi connectivity index (χ2v) is 9.47. The zero-order valence-electron chi connectivity index (χ0n) is 17.6. The van der Waals surface area contributed by atoms with E-state index in [-0.39, 0.29) is 23.3 Å². The predicted octanol–water partition coefficient (Wildman–Crippen LogP) is 2.87. The lowest BCUT2D eigenvalue weighted by atomic mass is 10.00. The number of hydrogen-bond donors (Lipinski definition) is 1. The third kappa shape index (κ3) is 5.17. The van der Waals surface area contributed by atoms with Gasteiger partial charge in [0.15, 0.2) is 15.8 Å². The van der Waals surface area contributed by atoms with Crippen molar-refractivity contribution in [2.75, 3.05) is 39.0 Å². The molecule has 30 heavy (non-hydrogen) atoms. The molecule has 1 fully saturated rings. The van der Waals surface area contributed by atoms with Crippen LogP contribution < -0.4 is 5.32 Å². The van der Waals surface area contributed by atoms with Crippen molar-refractivity contribution in [3.8, 4) is 0 Å². The van der Waals surface area contributed by atoms with Gasteiger partial charge in [-0.3, -0.25) is 4.99 Å². The lowest BCUT2D eigenvalue weighted by Gasteiger charge is -2.35. The fraction of sp³-hybridized carbons (Fsp3) is 0.409. The summed E-state index contributed by atoms with van der Waals surface area (Å²) in [7, 11) is -2.06. The predicted molar refractivity (Wildman–Crippen MR) is 116 cm³/mol. The van der Waals surface area contributed by atoms with Gasteiger partial charge in [0.05, 0.1) is 18.9 Å². The highest BCUT2D eigenvalue weighted by molar-refractivity contribution is 7.91. The van der Waals surface area contributed by atoms with Gasteiger partial charge < -0.3 is 15.0 Å². The zero-order valence-corrected chi connectivity index (χ0v) is 18.4. The highest BCUT2D eigenvalue weighted by atomic mass is 32.2. The SMILES string of the molecule is CN=C(NCCS(=O)(=O)c1ccccc1F)N1CCOC(c2ccc(C)cc2C)C1. The molecule has 6 nitrogen and oxygen atoms in total. The van der Waals surface area contributed by atoms with Crippen LogP contribution in [0.2, 0.25) is 0 Å². The van der Waals surface area contributed by atoms with E-state index in [1.807, 2.05) is 0 Å². The maximum Gasteiger partial charge on any atom is 0.193 e. The van der Waals surface area contributed by atoms with Gasteiger partial charge in [0, 0.05) is 20.1 Å². The first kappa shape index (κ1) is 22.2. The van der Waals surface area contributed by atoms with Crippen LogP contribution in [0.25, 0.3) is 0 Å². The summed E-state index contributed by atoms with van der Waals surface area (Å²) in [5.41, 5.74) is 3.53. The Morgan fingerprint density at radius 3 is 2.73 bits per heavy atom. The number of sulfone groups is 1. The monoisotopic (exact) mass is 433 g/mol. The zero-order chi connectivity index (χ0) is 21.7. The molecule has 1 aliphatic rings. The molecule has 1 N–H and O–H groups in total. The van der Waals surface area contributed by atoms with Crippen LogP contribution in [0.3, 0.4) is 0 Å². The van der Waals surface area contributed by atoms with Crippen LogP contribution in [0.15, 0.2) is 52.4 Å².